The van der Waals surface area contributed by atoms with Gasteiger partial charge in [-0.2, -0.15) is 0 Å². The molecule has 0 amide bonds. The maximum atomic E-state index is 3.81. The monoisotopic (exact) mass is 282 g/mol. The lowest BCUT2D eigenvalue weighted by atomic mass is 9.82. The van der Waals surface area contributed by atoms with Gasteiger partial charge >= 0.3 is 0 Å². The molecule has 2 heteroatoms. The molecule has 1 aliphatic heterocycles. The molecule has 0 aromatic heterocycles. The maximum absolute atomic E-state index is 3.81. The van der Waals surface area contributed by atoms with Gasteiger partial charge in [-0.15, -0.1) is 0 Å². The maximum Gasteiger partial charge on any atom is 0.0331 e. The number of hydrogen-bond donors (Lipinski definition) is 1. The molecule has 0 radical (unpaired) electrons. The number of nitrogens with zero attached hydrogens (tertiary/aromatic N) is 1. The molecule has 1 N–H and O–H groups in total. The molecule has 1 aliphatic rings. The number of unbranched alkanes of at least 4 members (excludes halogenated alkanes) is 3. The van der Waals surface area contributed by atoms with Crippen molar-refractivity contribution in [3.8, 4) is 0 Å². The third-order valence-corrected chi connectivity index (χ3v) is 5.34. The summed E-state index contributed by atoms with van der Waals surface area (Å²) in [5.41, 5.74) is 0.350. The molecule has 0 spiro atoms. The molecule has 2 atom stereocenters. The van der Waals surface area contributed by atoms with Crippen molar-refractivity contribution in [1.82, 2.24) is 10.2 Å². The van der Waals surface area contributed by atoms with E-state index in [1.807, 2.05) is 0 Å². The van der Waals surface area contributed by atoms with Gasteiger partial charge in [-0.1, -0.05) is 52.9 Å². The van der Waals surface area contributed by atoms with Crippen LogP contribution in [0.2, 0.25) is 0 Å². The number of hydrogen-bond acceptors (Lipinski definition) is 2. The minimum Gasteiger partial charge on any atom is -0.312 e. The molecule has 0 aromatic rings. The Hall–Kier alpha value is -0.0800. The normalized spacial score (nSPS) is 21.6. The van der Waals surface area contributed by atoms with Crippen molar-refractivity contribution in [1.29, 1.82) is 0 Å². The van der Waals surface area contributed by atoms with Crippen molar-refractivity contribution >= 4 is 0 Å². The average molecular weight is 283 g/mol. The first-order valence-corrected chi connectivity index (χ1v) is 9.17. The van der Waals surface area contributed by atoms with E-state index in [0.717, 1.165) is 6.54 Å². The summed E-state index contributed by atoms with van der Waals surface area (Å²) in [6.45, 7) is 13.2. The molecule has 0 bridgehead atoms. The fourth-order valence-corrected chi connectivity index (χ4v) is 3.75. The Bertz CT molecular complexity index is 236. The minimum atomic E-state index is 0.350. The van der Waals surface area contributed by atoms with Gasteiger partial charge in [0.15, 0.2) is 0 Å². The molecule has 1 rings (SSSR count). The second-order valence-corrected chi connectivity index (χ2v) is 6.72. The van der Waals surface area contributed by atoms with E-state index in [2.05, 4.69) is 37.9 Å². The lowest BCUT2D eigenvalue weighted by Gasteiger charge is -2.48. The van der Waals surface area contributed by atoms with Crippen LogP contribution in [0.4, 0.5) is 0 Å². The van der Waals surface area contributed by atoms with Gasteiger partial charge < -0.3 is 5.32 Å². The van der Waals surface area contributed by atoms with Crippen LogP contribution in [0.25, 0.3) is 0 Å². The van der Waals surface area contributed by atoms with Crippen molar-refractivity contribution in [3.63, 3.8) is 0 Å². The van der Waals surface area contributed by atoms with Crippen LogP contribution in [0, 0.1) is 0 Å². The molecule has 1 saturated heterocycles. The predicted octanol–water partition coefficient (Wildman–Crippen LogP) is 4.59. The molecule has 0 aromatic carbocycles. The Morgan fingerprint density at radius 1 is 1.00 bits per heavy atom. The summed E-state index contributed by atoms with van der Waals surface area (Å²) in [5.74, 6) is 0. The van der Waals surface area contributed by atoms with Crippen molar-refractivity contribution in [2.24, 2.45) is 0 Å². The summed E-state index contributed by atoms with van der Waals surface area (Å²) in [7, 11) is 0. The average Bonchev–Trinajstić information content (AvgIpc) is 2.50. The van der Waals surface area contributed by atoms with Gasteiger partial charge in [-0.3, -0.25) is 4.90 Å². The zero-order valence-electron chi connectivity index (χ0n) is 14.5. The highest BCUT2D eigenvalue weighted by Crippen LogP contribution is 2.30. The third kappa shape index (κ3) is 5.04. The second-order valence-electron chi connectivity index (χ2n) is 6.72. The van der Waals surface area contributed by atoms with Gasteiger partial charge in [-0.05, 0) is 52.2 Å². The molecule has 20 heavy (non-hydrogen) atoms. The standard InChI is InChI=1S/C18H38N2/c1-5-8-9-11-14-17(19-7-3)18(4,6-2)20-15-12-10-13-16-20/h17,19H,5-16H2,1-4H3. The predicted molar refractivity (Wildman–Crippen MR) is 90.3 cm³/mol. The van der Waals surface area contributed by atoms with Crippen LogP contribution in [0.1, 0.15) is 85.5 Å². The highest BCUT2D eigenvalue weighted by molar-refractivity contribution is 4.97. The highest BCUT2D eigenvalue weighted by Gasteiger charge is 2.37. The molecule has 120 valence electrons. The van der Waals surface area contributed by atoms with E-state index >= 15 is 0 Å². The van der Waals surface area contributed by atoms with E-state index in [1.165, 1.54) is 70.9 Å². The first-order chi connectivity index (χ1) is 9.69. The smallest absolute Gasteiger partial charge is 0.0331 e. The summed E-state index contributed by atoms with van der Waals surface area (Å²) in [5, 5.41) is 3.81. The zero-order chi connectivity index (χ0) is 14.8. The second kappa shape index (κ2) is 9.78. The lowest BCUT2D eigenvalue weighted by Crippen LogP contribution is -2.60. The molecule has 2 nitrogen and oxygen atoms in total. The summed E-state index contributed by atoms with van der Waals surface area (Å²) >= 11 is 0. The quantitative estimate of drug-likeness (QED) is 0.590. The number of rotatable bonds is 10. The van der Waals surface area contributed by atoms with Gasteiger partial charge in [0.05, 0.1) is 0 Å². The fourth-order valence-electron chi connectivity index (χ4n) is 3.75. The SMILES string of the molecule is CCCCCCC(NCC)C(C)(CC)N1CCCCC1. The van der Waals surface area contributed by atoms with E-state index in [1.54, 1.807) is 0 Å². The molecule has 0 saturated carbocycles. The Morgan fingerprint density at radius 3 is 2.25 bits per heavy atom. The number of likely N-dealkylation sites (tertiary alicyclic amines) is 1. The van der Waals surface area contributed by atoms with Crippen LogP contribution < -0.4 is 5.32 Å². The van der Waals surface area contributed by atoms with Crippen molar-refractivity contribution in [3.05, 3.63) is 0 Å². The fraction of sp³-hybridized carbons (Fsp3) is 1.00. The van der Waals surface area contributed by atoms with E-state index < -0.39 is 0 Å². The largest absolute Gasteiger partial charge is 0.312 e. The van der Waals surface area contributed by atoms with Crippen molar-refractivity contribution < 1.29 is 0 Å². The van der Waals surface area contributed by atoms with Gasteiger partial charge in [0.1, 0.15) is 0 Å². The topological polar surface area (TPSA) is 15.3 Å². The van der Waals surface area contributed by atoms with Crippen LogP contribution >= 0.6 is 0 Å². The number of likely N-dealkylation sites (N-methyl/N-ethyl adjacent to an activating group) is 1. The first kappa shape index (κ1) is 18.0. The summed E-state index contributed by atoms with van der Waals surface area (Å²) in [6, 6.07) is 0.660. The van der Waals surface area contributed by atoms with E-state index in [-0.39, 0.29) is 0 Å². The first-order valence-electron chi connectivity index (χ1n) is 9.17. The van der Waals surface area contributed by atoms with Crippen LogP contribution in [-0.2, 0) is 0 Å². The Balaban J connectivity index is 2.62. The summed E-state index contributed by atoms with van der Waals surface area (Å²) in [4.78, 5) is 2.78. The zero-order valence-corrected chi connectivity index (χ0v) is 14.5. The molecule has 1 heterocycles. The lowest BCUT2D eigenvalue weighted by molar-refractivity contribution is 0.0399. The Labute approximate surface area is 127 Å². The third-order valence-electron chi connectivity index (χ3n) is 5.34. The molecule has 0 aliphatic carbocycles. The van der Waals surface area contributed by atoms with Crippen LogP contribution in [0.15, 0.2) is 0 Å². The van der Waals surface area contributed by atoms with Crippen LogP contribution in [-0.4, -0.2) is 36.1 Å². The van der Waals surface area contributed by atoms with Gasteiger partial charge in [-0.25, -0.2) is 0 Å². The summed E-state index contributed by atoms with van der Waals surface area (Å²) in [6.07, 6.45) is 12.3. The molecular weight excluding hydrogens is 244 g/mol. The number of nitrogens with one attached hydrogen (secondary N) is 1. The molecule has 2 unspecified atom stereocenters. The number of piperidine rings is 1. The van der Waals surface area contributed by atoms with Crippen LogP contribution in [0.3, 0.4) is 0 Å². The van der Waals surface area contributed by atoms with Crippen molar-refractivity contribution in [2.45, 2.75) is 97.1 Å². The summed E-state index contributed by atoms with van der Waals surface area (Å²) < 4.78 is 0. The van der Waals surface area contributed by atoms with Gasteiger partial charge in [0.2, 0.25) is 0 Å². The molecular formula is C18H38N2. The van der Waals surface area contributed by atoms with Gasteiger partial charge in [0.25, 0.3) is 0 Å². The Morgan fingerprint density at radius 2 is 1.70 bits per heavy atom. The Kier molecular flexibility index (Phi) is 8.79. The van der Waals surface area contributed by atoms with E-state index in [4.69, 9.17) is 0 Å². The highest BCUT2D eigenvalue weighted by atomic mass is 15.2. The minimum absolute atomic E-state index is 0.350. The van der Waals surface area contributed by atoms with Crippen molar-refractivity contribution in [2.75, 3.05) is 19.6 Å². The molecule has 1 fully saturated rings. The van der Waals surface area contributed by atoms with Crippen LogP contribution in [0.5, 0.6) is 0 Å². The van der Waals surface area contributed by atoms with Gasteiger partial charge in [0, 0.05) is 11.6 Å². The van der Waals surface area contributed by atoms with E-state index in [9.17, 15) is 0 Å². The van der Waals surface area contributed by atoms with E-state index in [0.29, 0.717) is 11.6 Å².